The molecule has 3 amide bonds. The second kappa shape index (κ2) is 12.9. The van der Waals surface area contributed by atoms with Crippen molar-refractivity contribution in [1.82, 2.24) is 9.80 Å². The van der Waals surface area contributed by atoms with E-state index >= 15 is 0 Å². The van der Waals surface area contributed by atoms with Crippen molar-refractivity contribution in [3.8, 4) is 0 Å². The zero-order valence-electron chi connectivity index (χ0n) is 21.9. The summed E-state index contributed by atoms with van der Waals surface area (Å²) in [7, 11) is 1.56. The van der Waals surface area contributed by atoms with Gasteiger partial charge in [-0.15, -0.1) is 0 Å². The van der Waals surface area contributed by atoms with Crippen molar-refractivity contribution in [1.29, 1.82) is 0 Å². The highest BCUT2D eigenvalue weighted by Crippen LogP contribution is 2.20. The molecule has 0 aliphatic carbocycles. The molecular formula is C30H34N4O4. The lowest BCUT2D eigenvalue weighted by atomic mass is 10.1. The zero-order valence-corrected chi connectivity index (χ0v) is 21.9. The van der Waals surface area contributed by atoms with Crippen molar-refractivity contribution in [2.24, 2.45) is 0 Å². The molecule has 0 bridgehead atoms. The van der Waals surface area contributed by atoms with E-state index in [9.17, 15) is 14.4 Å². The maximum absolute atomic E-state index is 12.9. The highest BCUT2D eigenvalue weighted by atomic mass is 16.5. The van der Waals surface area contributed by atoms with E-state index in [1.54, 1.807) is 31.4 Å². The van der Waals surface area contributed by atoms with Crippen LogP contribution >= 0.6 is 0 Å². The smallest absolute Gasteiger partial charge is 0.254 e. The first-order chi connectivity index (χ1) is 18.4. The molecule has 3 aromatic carbocycles. The second-order valence-corrected chi connectivity index (χ2v) is 9.33. The van der Waals surface area contributed by atoms with Gasteiger partial charge in [0, 0.05) is 62.3 Å². The number of hydrogen-bond acceptors (Lipinski definition) is 5. The van der Waals surface area contributed by atoms with Crippen LogP contribution in [0, 0.1) is 6.92 Å². The minimum Gasteiger partial charge on any atom is -0.383 e. The van der Waals surface area contributed by atoms with E-state index in [1.807, 2.05) is 66.4 Å². The number of anilines is 2. The Hall–Kier alpha value is -4.17. The number of piperazine rings is 1. The molecule has 3 aromatic rings. The number of hydrogen-bond donors (Lipinski definition) is 1. The number of carbonyl (C=O) groups is 3. The molecule has 0 radical (unpaired) electrons. The zero-order chi connectivity index (χ0) is 26.9. The Labute approximate surface area is 223 Å². The van der Waals surface area contributed by atoms with Gasteiger partial charge in [0.05, 0.1) is 6.61 Å². The minimum atomic E-state index is -0.277. The molecule has 1 N–H and O–H groups in total. The summed E-state index contributed by atoms with van der Waals surface area (Å²) in [5.74, 6) is -0.428. The lowest BCUT2D eigenvalue weighted by Gasteiger charge is -2.36. The van der Waals surface area contributed by atoms with Gasteiger partial charge in [0.25, 0.3) is 11.8 Å². The van der Waals surface area contributed by atoms with Gasteiger partial charge in [0.1, 0.15) is 6.54 Å². The summed E-state index contributed by atoms with van der Waals surface area (Å²) >= 11 is 0. The monoisotopic (exact) mass is 514 g/mol. The average Bonchev–Trinajstić information content (AvgIpc) is 2.96. The van der Waals surface area contributed by atoms with Crippen LogP contribution in [0.15, 0.2) is 78.9 Å². The van der Waals surface area contributed by atoms with E-state index in [4.69, 9.17) is 4.74 Å². The van der Waals surface area contributed by atoms with Crippen LogP contribution in [0.5, 0.6) is 0 Å². The summed E-state index contributed by atoms with van der Waals surface area (Å²) in [6, 6.07) is 24.2. The van der Waals surface area contributed by atoms with Crippen molar-refractivity contribution in [3.05, 3.63) is 95.6 Å². The van der Waals surface area contributed by atoms with Gasteiger partial charge < -0.3 is 24.8 Å². The minimum absolute atomic E-state index is 0.0630. The van der Waals surface area contributed by atoms with Crippen molar-refractivity contribution in [3.63, 3.8) is 0 Å². The van der Waals surface area contributed by atoms with Crippen molar-refractivity contribution >= 4 is 29.1 Å². The first-order valence-electron chi connectivity index (χ1n) is 12.8. The van der Waals surface area contributed by atoms with E-state index in [0.29, 0.717) is 37.5 Å². The Bertz CT molecular complexity index is 1220. The summed E-state index contributed by atoms with van der Waals surface area (Å²) in [5.41, 5.74) is 4.07. The van der Waals surface area contributed by atoms with E-state index in [2.05, 4.69) is 10.2 Å². The Balaban J connectivity index is 1.30. The summed E-state index contributed by atoms with van der Waals surface area (Å²) in [6.45, 7) is 5.36. The summed E-state index contributed by atoms with van der Waals surface area (Å²) in [6.07, 6.45) is 0. The molecule has 0 saturated carbocycles. The number of rotatable bonds is 9. The molecule has 1 aliphatic heterocycles. The topological polar surface area (TPSA) is 82.2 Å². The molecule has 0 atom stereocenters. The molecule has 4 rings (SSSR count). The number of nitrogens with zero attached hydrogens (tertiary/aromatic N) is 3. The molecule has 0 aromatic heterocycles. The van der Waals surface area contributed by atoms with Crippen LogP contribution in [0.3, 0.4) is 0 Å². The van der Waals surface area contributed by atoms with E-state index < -0.39 is 0 Å². The predicted octanol–water partition coefficient (Wildman–Crippen LogP) is 3.68. The molecule has 1 aliphatic rings. The Kier molecular flexibility index (Phi) is 9.11. The van der Waals surface area contributed by atoms with Gasteiger partial charge in [0.15, 0.2) is 0 Å². The number of amides is 3. The number of methoxy groups -OCH3 is 1. The van der Waals surface area contributed by atoms with Gasteiger partial charge in [-0.2, -0.15) is 0 Å². The number of nitrogens with one attached hydrogen (secondary N) is 1. The van der Waals surface area contributed by atoms with Gasteiger partial charge in [-0.1, -0.05) is 35.9 Å². The van der Waals surface area contributed by atoms with E-state index in [1.165, 1.54) is 4.90 Å². The first kappa shape index (κ1) is 26.9. The third-order valence-electron chi connectivity index (χ3n) is 6.59. The van der Waals surface area contributed by atoms with Crippen molar-refractivity contribution in [2.45, 2.75) is 6.92 Å². The van der Waals surface area contributed by atoms with Crippen molar-refractivity contribution in [2.75, 3.05) is 63.2 Å². The Morgan fingerprint density at radius 3 is 2.13 bits per heavy atom. The normalized spacial score (nSPS) is 13.2. The Morgan fingerprint density at radius 1 is 0.842 bits per heavy atom. The van der Waals surface area contributed by atoms with Crippen LogP contribution in [0.2, 0.25) is 0 Å². The van der Waals surface area contributed by atoms with Crippen LogP contribution in [0.25, 0.3) is 0 Å². The van der Waals surface area contributed by atoms with Gasteiger partial charge in [-0.3, -0.25) is 14.4 Å². The quantitative estimate of drug-likeness (QED) is 0.471. The molecule has 0 spiro atoms. The summed E-state index contributed by atoms with van der Waals surface area (Å²) in [5, 5.41) is 2.88. The molecule has 1 saturated heterocycles. The number of ether oxygens (including phenoxy) is 1. The summed E-state index contributed by atoms with van der Waals surface area (Å²) in [4.78, 5) is 44.0. The lowest BCUT2D eigenvalue weighted by Crippen LogP contribution is -2.48. The number of aryl methyl sites for hydroxylation is 1. The number of carbonyl (C=O) groups excluding carboxylic acids is 3. The first-order valence-corrected chi connectivity index (χ1v) is 12.8. The van der Waals surface area contributed by atoms with Gasteiger partial charge in [-0.25, -0.2) is 0 Å². The molecule has 8 nitrogen and oxygen atoms in total. The average molecular weight is 515 g/mol. The highest BCUT2D eigenvalue weighted by Gasteiger charge is 2.23. The highest BCUT2D eigenvalue weighted by molar-refractivity contribution is 5.99. The van der Waals surface area contributed by atoms with Crippen LogP contribution < -0.4 is 10.2 Å². The molecule has 38 heavy (non-hydrogen) atoms. The summed E-state index contributed by atoms with van der Waals surface area (Å²) < 4.78 is 5.12. The predicted molar refractivity (Wildman–Crippen MR) is 149 cm³/mol. The van der Waals surface area contributed by atoms with Crippen molar-refractivity contribution < 1.29 is 19.1 Å². The molecule has 198 valence electrons. The lowest BCUT2D eigenvalue weighted by molar-refractivity contribution is -0.117. The number of benzene rings is 3. The Morgan fingerprint density at radius 2 is 1.50 bits per heavy atom. The fourth-order valence-electron chi connectivity index (χ4n) is 4.39. The largest absolute Gasteiger partial charge is 0.383 e. The standard InChI is InChI=1S/C30H34N4O4/c1-23-8-10-25(11-9-23)29(36)33-18-16-32(17-19-33)27-14-12-26(13-15-27)31-28(35)22-34(20-21-38-2)30(37)24-6-4-3-5-7-24/h3-15H,16-22H2,1-2H3,(H,31,35). The second-order valence-electron chi connectivity index (χ2n) is 9.33. The van der Waals surface area contributed by atoms with Gasteiger partial charge in [-0.05, 0) is 55.5 Å². The van der Waals surface area contributed by atoms with Crippen LogP contribution in [0.1, 0.15) is 26.3 Å². The SMILES string of the molecule is COCCN(CC(=O)Nc1ccc(N2CCN(C(=O)c3ccc(C)cc3)CC2)cc1)C(=O)c1ccccc1. The molecule has 8 heteroatoms. The molecule has 1 fully saturated rings. The van der Waals surface area contributed by atoms with Crippen LogP contribution in [-0.4, -0.2) is 80.5 Å². The van der Waals surface area contributed by atoms with Crippen LogP contribution in [0.4, 0.5) is 11.4 Å². The van der Waals surface area contributed by atoms with Gasteiger partial charge in [0.2, 0.25) is 5.91 Å². The third-order valence-corrected chi connectivity index (χ3v) is 6.59. The fourth-order valence-corrected chi connectivity index (χ4v) is 4.39. The molecule has 0 unspecified atom stereocenters. The van der Waals surface area contributed by atoms with E-state index in [0.717, 1.165) is 29.9 Å². The van der Waals surface area contributed by atoms with Crippen LogP contribution in [-0.2, 0) is 9.53 Å². The fraction of sp³-hybridized carbons (Fsp3) is 0.300. The molecular weight excluding hydrogens is 480 g/mol. The van der Waals surface area contributed by atoms with Gasteiger partial charge >= 0.3 is 0 Å². The maximum atomic E-state index is 12.9. The molecule has 1 heterocycles. The van der Waals surface area contributed by atoms with E-state index in [-0.39, 0.29) is 24.3 Å². The maximum Gasteiger partial charge on any atom is 0.254 e. The third kappa shape index (κ3) is 6.98.